The molecule has 1 heterocycles. The monoisotopic (exact) mass is 433 g/mol. The second-order valence-corrected chi connectivity index (χ2v) is 7.04. The van der Waals surface area contributed by atoms with Gasteiger partial charge in [0, 0.05) is 4.47 Å². The van der Waals surface area contributed by atoms with Crippen molar-refractivity contribution in [2.45, 2.75) is 18.6 Å². The highest BCUT2D eigenvalue weighted by Gasteiger charge is 2.22. The molecule has 0 spiro atoms. The molecule has 4 N–H and O–H groups in total. The zero-order valence-corrected chi connectivity index (χ0v) is 16.1. The molecule has 0 aromatic heterocycles. The van der Waals surface area contributed by atoms with Crippen LogP contribution < -0.4 is 25.8 Å². The number of nitrogens with one attached hydrogen (secondary N) is 2. The summed E-state index contributed by atoms with van der Waals surface area (Å²) < 4.78 is 12.3. The first-order valence-corrected chi connectivity index (χ1v) is 9.27. The normalized spacial score (nSPS) is 16.3. The van der Waals surface area contributed by atoms with Gasteiger partial charge in [0.2, 0.25) is 5.91 Å². The summed E-state index contributed by atoms with van der Waals surface area (Å²) in [5.74, 6) is 1.13. The molecule has 0 saturated heterocycles. The van der Waals surface area contributed by atoms with Crippen LogP contribution in [0.5, 0.6) is 11.5 Å². The van der Waals surface area contributed by atoms with Gasteiger partial charge in [0.1, 0.15) is 12.7 Å². The first-order valence-electron chi connectivity index (χ1n) is 8.48. The third-order valence-electron chi connectivity index (χ3n) is 4.05. The van der Waals surface area contributed by atoms with Crippen molar-refractivity contribution in [1.82, 2.24) is 10.6 Å². The average Bonchev–Trinajstić information content (AvgIpc) is 2.65. The zero-order chi connectivity index (χ0) is 19.2. The Labute approximate surface area is 165 Å². The van der Waals surface area contributed by atoms with Crippen molar-refractivity contribution in [3.63, 3.8) is 0 Å². The molecule has 2 aromatic carbocycles. The third-order valence-corrected chi connectivity index (χ3v) is 4.54. The van der Waals surface area contributed by atoms with Crippen LogP contribution in [-0.4, -0.2) is 31.2 Å². The van der Waals surface area contributed by atoms with Crippen LogP contribution in [-0.2, 0) is 4.79 Å². The van der Waals surface area contributed by atoms with E-state index in [0.717, 1.165) is 10.0 Å². The number of nitrogens with two attached hydrogens (primary N) is 1. The number of hydrogen-bond donors (Lipinski definition) is 3. The highest BCUT2D eigenvalue weighted by molar-refractivity contribution is 9.10. The summed E-state index contributed by atoms with van der Waals surface area (Å²) in [6, 6.07) is 13.5. The molecule has 0 aliphatic carbocycles. The van der Waals surface area contributed by atoms with Crippen LogP contribution in [0.25, 0.3) is 0 Å². The summed E-state index contributed by atoms with van der Waals surface area (Å²) >= 11 is 3.38. The largest absolute Gasteiger partial charge is 0.486 e. The Morgan fingerprint density at radius 2 is 1.96 bits per heavy atom. The molecule has 0 fully saturated rings. The molecule has 0 saturated carbocycles. The molecule has 8 heteroatoms. The molecule has 142 valence electrons. The van der Waals surface area contributed by atoms with Gasteiger partial charge in [0.15, 0.2) is 11.5 Å². The quantitative estimate of drug-likeness (QED) is 0.650. The molecule has 2 atom stereocenters. The molecule has 2 aromatic rings. The minimum atomic E-state index is -0.687. The van der Waals surface area contributed by atoms with Crippen molar-refractivity contribution in [2.75, 3.05) is 13.2 Å². The third kappa shape index (κ3) is 5.37. The summed E-state index contributed by atoms with van der Waals surface area (Å²) in [5.41, 5.74) is 6.03. The van der Waals surface area contributed by atoms with Crippen molar-refractivity contribution in [2.24, 2.45) is 5.73 Å². The van der Waals surface area contributed by atoms with E-state index in [1.807, 2.05) is 48.5 Å². The lowest BCUT2D eigenvalue weighted by Crippen LogP contribution is -2.42. The number of ether oxygens (including phenoxy) is 2. The first kappa shape index (κ1) is 19.0. The van der Waals surface area contributed by atoms with Crippen molar-refractivity contribution in [1.29, 1.82) is 0 Å². The van der Waals surface area contributed by atoms with Crippen molar-refractivity contribution in [3.8, 4) is 11.5 Å². The van der Waals surface area contributed by atoms with E-state index in [9.17, 15) is 9.59 Å². The predicted molar refractivity (Wildman–Crippen MR) is 104 cm³/mol. The van der Waals surface area contributed by atoms with E-state index in [-0.39, 0.29) is 18.4 Å². The van der Waals surface area contributed by atoms with Gasteiger partial charge in [-0.1, -0.05) is 40.2 Å². The number of amides is 3. The number of carbonyl (C=O) groups is 2. The lowest BCUT2D eigenvalue weighted by molar-refractivity contribution is -0.122. The maximum atomic E-state index is 12.4. The van der Waals surface area contributed by atoms with Gasteiger partial charge in [-0.15, -0.1) is 0 Å². The summed E-state index contributed by atoms with van der Waals surface area (Å²) in [7, 11) is 0. The highest BCUT2D eigenvalue weighted by atomic mass is 79.9. The second kappa shape index (κ2) is 8.77. The number of halogens is 1. The Bertz CT molecular complexity index is 830. The van der Waals surface area contributed by atoms with Crippen LogP contribution in [0, 0.1) is 0 Å². The molecular weight excluding hydrogens is 414 g/mol. The van der Waals surface area contributed by atoms with E-state index in [1.165, 1.54) is 0 Å². The molecular formula is C19H20BrN3O4. The topological polar surface area (TPSA) is 103 Å². The van der Waals surface area contributed by atoms with Gasteiger partial charge in [-0.2, -0.15) is 0 Å². The standard InChI is InChI=1S/C19H20BrN3O4/c20-13-5-3-4-12(8-13)15(23-19(21)25)9-18(24)22-10-14-11-26-16-6-1-2-7-17(16)27-14/h1-8,14-15H,9-11H2,(H,22,24)(H3,21,23,25)/t14-,15+/m0/s1. The first-order chi connectivity index (χ1) is 13.0. The van der Waals surface area contributed by atoms with Gasteiger partial charge >= 0.3 is 6.03 Å². The summed E-state index contributed by atoms with van der Waals surface area (Å²) in [6.45, 7) is 0.654. The number of benzene rings is 2. The Morgan fingerprint density at radius 3 is 2.70 bits per heavy atom. The molecule has 3 rings (SSSR count). The molecule has 7 nitrogen and oxygen atoms in total. The maximum absolute atomic E-state index is 12.4. The Hall–Kier alpha value is -2.74. The molecule has 1 aliphatic heterocycles. The van der Waals surface area contributed by atoms with Crippen LogP contribution >= 0.6 is 15.9 Å². The van der Waals surface area contributed by atoms with Crippen LogP contribution in [0.1, 0.15) is 18.0 Å². The van der Waals surface area contributed by atoms with E-state index >= 15 is 0 Å². The van der Waals surface area contributed by atoms with Crippen LogP contribution in [0.3, 0.4) is 0 Å². The fourth-order valence-electron chi connectivity index (χ4n) is 2.80. The number of para-hydroxylation sites is 2. The number of hydrogen-bond acceptors (Lipinski definition) is 4. The van der Waals surface area contributed by atoms with Crippen LogP contribution in [0.15, 0.2) is 53.0 Å². The smallest absolute Gasteiger partial charge is 0.312 e. The maximum Gasteiger partial charge on any atom is 0.312 e. The SMILES string of the molecule is NC(=O)N[C@H](CC(=O)NC[C@H]1COc2ccccc2O1)c1cccc(Br)c1. The van der Waals surface area contributed by atoms with Gasteiger partial charge in [-0.25, -0.2) is 4.79 Å². The summed E-state index contributed by atoms with van der Waals surface area (Å²) in [6.07, 6.45) is -0.221. The Kier molecular flexibility index (Phi) is 6.18. The fraction of sp³-hybridized carbons (Fsp3) is 0.263. The minimum absolute atomic E-state index is 0.0591. The zero-order valence-electron chi connectivity index (χ0n) is 14.5. The van der Waals surface area contributed by atoms with Crippen LogP contribution in [0.2, 0.25) is 0 Å². The van der Waals surface area contributed by atoms with E-state index in [2.05, 4.69) is 26.6 Å². The lowest BCUT2D eigenvalue weighted by Gasteiger charge is -2.26. The number of urea groups is 1. The van der Waals surface area contributed by atoms with E-state index in [1.54, 1.807) is 0 Å². The molecule has 1 aliphatic rings. The van der Waals surface area contributed by atoms with Gasteiger partial charge in [0.25, 0.3) is 0 Å². The fourth-order valence-corrected chi connectivity index (χ4v) is 3.21. The lowest BCUT2D eigenvalue weighted by atomic mass is 10.0. The van der Waals surface area contributed by atoms with E-state index in [4.69, 9.17) is 15.2 Å². The Balaban J connectivity index is 1.56. The van der Waals surface area contributed by atoms with Gasteiger partial charge in [-0.3, -0.25) is 4.79 Å². The van der Waals surface area contributed by atoms with E-state index in [0.29, 0.717) is 24.7 Å². The molecule has 3 amide bonds. The number of carbonyl (C=O) groups excluding carboxylic acids is 2. The molecule has 0 unspecified atom stereocenters. The summed E-state index contributed by atoms with van der Waals surface area (Å²) in [5, 5.41) is 5.43. The summed E-state index contributed by atoms with van der Waals surface area (Å²) in [4.78, 5) is 23.7. The van der Waals surface area contributed by atoms with Crippen molar-refractivity contribution in [3.05, 3.63) is 58.6 Å². The van der Waals surface area contributed by atoms with E-state index < -0.39 is 12.1 Å². The van der Waals surface area contributed by atoms with Gasteiger partial charge in [0.05, 0.1) is 19.0 Å². The van der Waals surface area contributed by atoms with Gasteiger partial charge in [-0.05, 0) is 29.8 Å². The molecule has 0 bridgehead atoms. The van der Waals surface area contributed by atoms with Crippen molar-refractivity contribution < 1.29 is 19.1 Å². The number of rotatable bonds is 6. The second-order valence-electron chi connectivity index (χ2n) is 6.12. The van der Waals surface area contributed by atoms with Crippen LogP contribution in [0.4, 0.5) is 4.79 Å². The Morgan fingerprint density at radius 1 is 1.19 bits per heavy atom. The highest BCUT2D eigenvalue weighted by Crippen LogP contribution is 2.30. The molecule has 27 heavy (non-hydrogen) atoms. The predicted octanol–water partition coefficient (Wildman–Crippen LogP) is 2.50. The van der Waals surface area contributed by atoms with Gasteiger partial charge < -0.3 is 25.8 Å². The van der Waals surface area contributed by atoms with Crippen molar-refractivity contribution >= 4 is 27.9 Å². The minimum Gasteiger partial charge on any atom is -0.486 e. The molecule has 0 radical (unpaired) electrons. The number of fused-ring (bicyclic) bond motifs is 1. The number of primary amides is 1. The average molecular weight is 434 g/mol.